The van der Waals surface area contributed by atoms with Crippen LogP contribution in [0.15, 0.2) is 57.8 Å². The summed E-state index contributed by atoms with van der Waals surface area (Å²) >= 11 is 1.60. The smallest absolute Gasteiger partial charge is 0.163 e. The van der Waals surface area contributed by atoms with Crippen LogP contribution in [0, 0.1) is 12.7 Å². The summed E-state index contributed by atoms with van der Waals surface area (Å²) in [5.74, 6) is 1.27. The first kappa shape index (κ1) is 17.3. The second-order valence-corrected chi connectivity index (χ2v) is 8.24. The SMILES string of the molecule is Cc1cc(C2CC2)c2c(n1)N=C(N)C(c1cccs1)N=C2c1ccc(F)cc1. The number of nitrogens with zero attached hydrogens (tertiary/aromatic N) is 3. The van der Waals surface area contributed by atoms with Gasteiger partial charge in [0.25, 0.3) is 0 Å². The quantitative estimate of drug-likeness (QED) is 0.680. The maximum Gasteiger partial charge on any atom is 0.163 e. The average Bonchev–Trinajstić information content (AvgIpc) is 3.41. The Morgan fingerprint density at radius 1 is 1.14 bits per heavy atom. The van der Waals surface area contributed by atoms with E-state index in [4.69, 9.17) is 15.7 Å². The number of rotatable bonds is 3. The van der Waals surface area contributed by atoms with Crippen molar-refractivity contribution in [1.82, 2.24) is 4.98 Å². The highest BCUT2D eigenvalue weighted by atomic mass is 32.1. The second kappa shape index (κ2) is 6.63. The first-order valence-corrected chi connectivity index (χ1v) is 10.2. The zero-order valence-corrected chi connectivity index (χ0v) is 16.2. The van der Waals surface area contributed by atoms with Crippen molar-refractivity contribution in [2.24, 2.45) is 15.7 Å². The summed E-state index contributed by atoms with van der Waals surface area (Å²) in [6, 6.07) is 12.2. The van der Waals surface area contributed by atoms with E-state index in [1.807, 2.05) is 24.4 Å². The number of nitrogens with two attached hydrogens (primary N) is 1. The van der Waals surface area contributed by atoms with E-state index in [1.165, 1.54) is 17.7 Å². The van der Waals surface area contributed by atoms with Crippen LogP contribution in [0.1, 0.15) is 52.1 Å². The zero-order chi connectivity index (χ0) is 19.3. The Hall–Kier alpha value is -2.86. The van der Waals surface area contributed by atoms with E-state index in [0.29, 0.717) is 17.6 Å². The van der Waals surface area contributed by atoms with Crippen LogP contribution in [0.3, 0.4) is 0 Å². The molecule has 140 valence electrons. The van der Waals surface area contributed by atoms with Crippen LogP contribution in [0.2, 0.25) is 0 Å². The summed E-state index contributed by atoms with van der Waals surface area (Å²) < 4.78 is 13.6. The Morgan fingerprint density at radius 3 is 2.61 bits per heavy atom. The van der Waals surface area contributed by atoms with E-state index >= 15 is 0 Å². The maximum absolute atomic E-state index is 13.6. The summed E-state index contributed by atoms with van der Waals surface area (Å²) in [7, 11) is 0. The minimum absolute atomic E-state index is 0.270. The fourth-order valence-electron chi connectivity index (χ4n) is 3.65. The van der Waals surface area contributed by atoms with Crippen LogP contribution >= 0.6 is 11.3 Å². The monoisotopic (exact) mass is 390 g/mol. The van der Waals surface area contributed by atoms with E-state index in [0.717, 1.165) is 40.3 Å². The molecular weight excluding hydrogens is 371 g/mol. The third-order valence-corrected chi connectivity index (χ3v) is 6.04. The fraction of sp³-hybridized carbons (Fsp3) is 0.227. The summed E-state index contributed by atoms with van der Waals surface area (Å²) in [4.78, 5) is 15.5. The van der Waals surface area contributed by atoms with E-state index in [-0.39, 0.29) is 11.9 Å². The Bertz CT molecular complexity index is 1100. The highest BCUT2D eigenvalue weighted by Crippen LogP contribution is 2.45. The van der Waals surface area contributed by atoms with Gasteiger partial charge in [-0.3, -0.25) is 4.99 Å². The molecule has 1 aromatic carbocycles. The Morgan fingerprint density at radius 2 is 1.93 bits per heavy atom. The van der Waals surface area contributed by atoms with Gasteiger partial charge in [-0.25, -0.2) is 14.4 Å². The van der Waals surface area contributed by atoms with Crippen LogP contribution in [0.4, 0.5) is 10.2 Å². The highest BCUT2D eigenvalue weighted by molar-refractivity contribution is 7.10. The van der Waals surface area contributed by atoms with Crippen LogP contribution in [-0.4, -0.2) is 16.5 Å². The third kappa shape index (κ3) is 3.03. The first-order chi connectivity index (χ1) is 13.6. The Kier molecular flexibility index (Phi) is 4.09. The maximum atomic E-state index is 13.6. The van der Waals surface area contributed by atoms with Crippen LogP contribution in [0.5, 0.6) is 0 Å². The molecule has 0 bridgehead atoms. The predicted octanol–water partition coefficient (Wildman–Crippen LogP) is 5.05. The normalized spacial score (nSPS) is 18.9. The van der Waals surface area contributed by atoms with Crippen molar-refractivity contribution in [3.8, 4) is 0 Å². The largest absolute Gasteiger partial charge is 0.385 e. The van der Waals surface area contributed by atoms with Gasteiger partial charge in [0.15, 0.2) is 5.82 Å². The Labute approximate surface area is 166 Å². The number of hydrogen-bond donors (Lipinski definition) is 1. The molecule has 1 atom stereocenters. The number of amidine groups is 1. The lowest BCUT2D eigenvalue weighted by atomic mass is 9.95. The lowest BCUT2D eigenvalue weighted by molar-refractivity contribution is 0.628. The number of aliphatic imine (C=N–C) groups is 2. The fourth-order valence-corrected chi connectivity index (χ4v) is 4.42. The highest BCUT2D eigenvalue weighted by Gasteiger charge is 2.33. The number of pyridine rings is 1. The number of benzene rings is 1. The van der Waals surface area contributed by atoms with Crippen LogP contribution in [0.25, 0.3) is 0 Å². The molecular formula is C22H19FN4S. The minimum Gasteiger partial charge on any atom is -0.385 e. The molecule has 4 nitrogen and oxygen atoms in total. The van der Waals surface area contributed by atoms with Crippen LogP contribution in [-0.2, 0) is 0 Å². The molecule has 2 N–H and O–H groups in total. The topological polar surface area (TPSA) is 63.6 Å². The van der Waals surface area contributed by atoms with Gasteiger partial charge in [0.2, 0.25) is 0 Å². The molecule has 1 aliphatic heterocycles. The second-order valence-electron chi connectivity index (χ2n) is 7.26. The molecule has 1 saturated carbocycles. The lowest BCUT2D eigenvalue weighted by Crippen LogP contribution is -2.20. The summed E-state index contributed by atoms with van der Waals surface area (Å²) in [5, 5.41) is 2.01. The molecule has 2 aromatic heterocycles. The molecule has 6 heteroatoms. The summed E-state index contributed by atoms with van der Waals surface area (Å²) in [6.45, 7) is 1.98. The van der Waals surface area contributed by atoms with E-state index in [1.54, 1.807) is 23.5 Å². The van der Waals surface area contributed by atoms with Gasteiger partial charge >= 0.3 is 0 Å². The predicted molar refractivity (Wildman–Crippen MR) is 111 cm³/mol. The number of aromatic nitrogens is 1. The summed E-state index contributed by atoms with van der Waals surface area (Å²) in [6.07, 6.45) is 2.31. The molecule has 28 heavy (non-hydrogen) atoms. The molecule has 3 heterocycles. The molecule has 1 fully saturated rings. The van der Waals surface area contributed by atoms with Crippen molar-refractivity contribution < 1.29 is 4.39 Å². The lowest BCUT2D eigenvalue weighted by Gasteiger charge is -2.15. The van der Waals surface area contributed by atoms with E-state index < -0.39 is 0 Å². The summed E-state index contributed by atoms with van der Waals surface area (Å²) in [5.41, 5.74) is 11.1. The average molecular weight is 390 g/mol. The molecule has 0 spiro atoms. The van der Waals surface area contributed by atoms with E-state index in [2.05, 4.69) is 11.1 Å². The Balaban J connectivity index is 1.79. The van der Waals surface area contributed by atoms with Gasteiger partial charge in [0.1, 0.15) is 17.7 Å². The van der Waals surface area contributed by atoms with Crippen molar-refractivity contribution in [2.75, 3.05) is 0 Å². The molecule has 1 aliphatic carbocycles. The van der Waals surface area contributed by atoms with Gasteiger partial charge < -0.3 is 5.73 Å². The third-order valence-electron chi connectivity index (χ3n) is 5.12. The van der Waals surface area contributed by atoms with Gasteiger partial charge in [0, 0.05) is 21.7 Å². The molecule has 5 rings (SSSR count). The standard InChI is InChI=1S/C22H19FN4S/c1-12-11-16(13-4-5-13)18-19(14-6-8-15(23)9-7-14)26-20(17-3-2-10-28-17)21(24)27-22(18)25-12/h2-3,6-11,13,20H,4-5H2,1H3,(H2,24,25,27). The number of aryl methyl sites for hydroxylation is 1. The molecule has 0 amide bonds. The van der Waals surface area contributed by atoms with Crippen molar-refractivity contribution >= 4 is 28.7 Å². The number of thiophene rings is 1. The van der Waals surface area contributed by atoms with Crippen molar-refractivity contribution in [3.05, 3.63) is 80.9 Å². The zero-order valence-electron chi connectivity index (χ0n) is 15.4. The molecule has 0 radical (unpaired) electrons. The van der Waals surface area contributed by atoms with E-state index in [9.17, 15) is 4.39 Å². The molecule has 3 aromatic rings. The first-order valence-electron chi connectivity index (χ1n) is 9.33. The number of halogens is 1. The van der Waals surface area contributed by atoms with Gasteiger partial charge in [-0.05, 0) is 73.0 Å². The van der Waals surface area contributed by atoms with Gasteiger partial charge in [-0.2, -0.15) is 0 Å². The number of fused-ring (bicyclic) bond motifs is 1. The van der Waals surface area contributed by atoms with Gasteiger partial charge in [-0.1, -0.05) is 6.07 Å². The van der Waals surface area contributed by atoms with Crippen molar-refractivity contribution in [3.63, 3.8) is 0 Å². The van der Waals surface area contributed by atoms with Gasteiger partial charge in [0.05, 0.1) is 5.71 Å². The molecule has 2 aliphatic rings. The van der Waals surface area contributed by atoms with Crippen molar-refractivity contribution in [1.29, 1.82) is 0 Å². The molecule has 1 unspecified atom stereocenters. The van der Waals surface area contributed by atoms with Crippen molar-refractivity contribution in [2.45, 2.75) is 31.7 Å². The van der Waals surface area contributed by atoms with Gasteiger partial charge in [-0.15, -0.1) is 11.3 Å². The van der Waals surface area contributed by atoms with Crippen LogP contribution < -0.4 is 5.73 Å². The molecule has 0 saturated heterocycles. The minimum atomic E-state index is -0.374. The number of hydrogen-bond acceptors (Lipinski definition) is 5.